The first-order chi connectivity index (χ1) is 16.3. The van der Waals surface area contributed by atoms with Crippen LogP contribution in [0.5, 0.6) is 0 Å². The van der Waals surface area contributed by atoms with Crippen molar-refractivity contribution < 1.29 is 24.5 Å². The van der Waals surface area contributed by atoms with Crippen molar-refractivity contribution in [3.8, 4) is 0 Å². The van der Waals surface area contributed by atoms with Crippen molar-refractivity contribution in [3.63, 3.8) is 0 Å². The summed E-state index contributed by atoms with van der Waals surface area (Å²) in [5, 5.41) is 19.4. The maximum Gasteiger partial charge on any atom is 0.328 e. The smallest absolute Gasteiger partial charge is 0.328 e. The van der Waals surface area contributed by atoms with Crippen LogP contribution >= 0.6 is 0 Å². The maximum absolute atomic E-state index is 9.55. The van der Waals surface area contributed by atoms with Crippen LogP contribution in [0.1, 0.15) is 43.7 Å². The zero-order valence-corrected chi connectivity index (χ0v) is 19.7. The zero-order chi connectivity index (χ0) is 24.8. The van der Waals surface area contributed by atoms with Crippen molar-refractivity contribution in [1.82, 2.24) is 5.32 Å². The number of ether oxygens (including phenoxy) is 1. The lowest BCUT2D eigenvalue weighted by Gasteiger charge is -2.30. The van der Waals surface area contributed by atoms with Gasteiger partial charge in [0.1, 0.15) is 5.76 Å². The molecule has 0 bridgehead atoms. The number of nitrogens with one attached hydrogen (secondary N) is 1. The Morgan fingerprint density at radius 2 is 1.53 bits per heavy atom. The molecule has 0 amide bonds. The number of hydrogen-bond acceptors (Lipinski definition) is 4. The van der Waals surface area contributed by atoms with Gasteiger partial charge in [0.15, 0.2) is 0 Å². The van der Waals surface area contributed by atoms with Crippen molar-refractivity contribution in [1.29, 1.82) is 0 Å². The van der Waals surface area contributed by atoms with Gasteiger partial charge in [0.05, 0.1) is 6.61 Å². The highest BCUT2D eigenvalue weighted by atomic mass is 16.5. The maximum atomic E-state index is 9.55. The second kappa shape index (κ2) is 13.8. The SMILES string of the molecule is CCOC1=CCC(C)(NCCC(c2ccccc2)c2ccccc2)C=C1.O=C(O)C=CC(=O)O. The molecule has 6 heteroatoms. The van der Waals surface area contributed by atoms with Gasteiger partial charge in [-0.3, -0.25) is 0 Å². The summed E-state index contributed by atoms with van der Waals surface area (Å²) < 4.78 is 5.58. The monoisotopic (exact) mass is 463 g/mol. The molecular weight excluding hydrogens is 430 g/mol. The number of allylic oxidation sites excluding steroid dienone is 1. The summed E-state index contributed by atoms with van der Waals surface area (Å²) in [6.07, 6.45) is 9.65. The van der Waals surface area contributed by atoms with Crippen molar-refractivity contribution >= 4 is 11.9 Å². The van der Waals surface area contributed by atoms with Crippen LogP contribution in [0.25, 0.3) is 0 Å². The molecule has 0 spiro atoms. The molecule has 2 aromatic rings. The molecule has 1 unspecified atom stereocenters. The molecule has 1 aliphatic carbocycles. The summed E-state index contributed by atoms with van der Waals surface area (Å²) in [5.41, 5.74) is 2.75. The van der Waals surface area contributed by atoms with Crippen molar-refractivity contribution in [2.75, 3.05) is 13.2 Å². The van der Waals surface area contributed by atoms with Crippen LogP contribution in [0.3, 0.4) is 0 Å². The number of aliphatic carboxylic acids is 2. The molecule has 34 heavy (non-hydrogen) atoms. The Bertz CT molecular complexity index is 942. The molecule has 0 aliphatic heterocycles. The predicted molar refractivity (Wildman–Crippen MR) is 134 cm³/mol. The molecule has 0 saturated carbocycles. The lowest BCUT2D eigenvalue weighted by molar-refractivity contribution is -0.134. The lowest BCUT2D eigenvalue weighted by Crippen LogP contribution is -2.42. The highest BCUT2D eigenvalue weighted by molar-refractivity contribution is 5.89. The van der Waals surface area contributed by atoms with E-state index in [1.54, 1.807) is 0 Å². The van der Waals surface area contributed by atoms with Crippen LogP contribution in [0.4, 0.5) is 0 Å². The van der Waals surface area contributed by atoms with Gasteiger partial charge in [-0.1, -0.05) is 66.7 Å². The number of hydrogen-bond donors (Lipinski definition) is 3. The molecule has 1 aliphatic rings. The van der Waals surface area contributed by atoms with Gasteiger partial charge in [0.25, 0.3) is 0 Å². The second-order valence-electron chi connectivity index (χ2n) is 8.09. The normalized spacial score (nSPS) is 17.1. The molecule has 0 radical (unpaired) electrons. The van der Waals surface area contributed by atoms with E-state index in [0.717, 1.165) is 31.8 Å². The minimum Gasteiger partial charge on any atom is -0.494 e. The quantitative estimate of drug-likeness (QED) is 0.422. The minimum atomic E-state index is -1.26. The highest BCUT2D eigenvalue weighted by Gasteiger charge is 2.23. The predicted octanol–water partition coefficient (Wildman–Crippen LogP) is 5.15. The number of carbonyl (C=O) groups is 2. The van der Waals surface area contributed by atoms with Crippen LogP contribution < -0.4 is 5.32 Å². The van der Waals surface area contributed by atoms with Gasteiger partial charge >= 0.3 is 11.9 Å². The van der Waals surface area contributed by atoms with E-state index in [-0.39, 0.29) is 5.54 Å². The molecular formula is C28H33NO5. The van der Waals surface area contributed by atoms with Gasteiger partial charge in [0.2, 0.25) is 0 Å². The zero-order valence-electron chi connectivity index (χ0n) is 19.7. The van der Waals surface area contributed by atoms with E-state index in [4.69, 9.17) is 14.9 Å². The van der Waals surface area contributed by atoms with Gasteiger partial charge in [-0.25, -0.2) is 9.59 Å². The Hall–Kier alpha value is -3.64. The molecule has 1 atom stereocenters. The largest absolute Gasteiger partial charge is 0.494 e. The van der Waals surface area contributed by atoms with E-state index in [9.17, 15) is 9.59 Å². The Morgan fingerprint density at radius 3 is 1.94 bits per heavy atom. The molecule has 0 aromatic heterocycles. The van der Waals surface area contributed by atoms with Crippen molar-refractivity contribution in [2.24, 2.45) is 0 Å². The summed E-state index contributed by atoms with van der Waals surface area (Å²) in [4.78, 5) is 19.1. The fraction of sp³-hybridized carbons (Fsp3) is 0.286. The highest BCUT2D eigenvalue weighted by Crippen LogP contribution is 2.28. The van der Waals surface area contributed by atoms with E-state index in [1.165, 1.54) is 11.1 Å². The second-order valence-corrected chi connectivity index (χ2v) is 8.09. The van der Waals surface area contributed by atoms with E-state index < -0.39 is 11.9 Å². The van der Waals surface area contributed by atoms with Gasteiger partial charge in [-0.05, 0) is 56.5 Å². The van der Waals surface area contributed by atoms with Crippen LogP contribution in [-0.2, 0) is 14.3 Å². The fourth-order valence-corrected chi connectivity index (χ4v) is 3.66. The Balaban J connectivity index is 0.000000440. The summed E-state index contributed by atoms with van der Waals surface area (Å²) >= 11 is 0. The van der Waals surface area contributed by atoms with Crippen LogP contribution in [0, 0.1) is 0 Å². The molecule has 3 N–H and O–H groups in total. The molecule has 2 aromatic carbocycles. The van der Waals surface area contributed by atoms with Gasteiger partial charge < -0.3 is 20.3 Å². The molecule has 180 valence electrons. The van der Waals surface area contributed by atoms with Crippen LogP contribution in [-0.4, -0.2) is 40.8 Å². The standard InChI is InChI=1S/C24H29NO.C4H4O4/c1-3-26-22-14-17-24(2,18-15-22)25-19-16-23(20-10-6-4-7-11-20)21-12-8-5-9-13-21;5-3(6)1-2-4(7)8/h4-15,17,23,25H,3,16,18-19H2,1-2H3;1-2H,(H,5,6)(H,7,8). The van der Waals surface area contributed by atoms with Gasteiger partial charge in [-0.15, -0.1) is 0 Å². The van der Waals surface area contributed by atoms with Crippen molar-refractivity contribution in [3.05, 3.63) is 108 Å². The molecule has 3 rings (SSSR count). The molecule has 0 fully saturated rings. The number of rotatable bonds is 10. The summed E-state index contributed by atoms with van der Waals surface area (Å²) in [6.45, 7) is 5.96. The Kier molecular flexibility index (Phi) is 10.8. The molecule has 6 nitrogen and oxygen atoms in total. The van der Waals surface area contributed by atoms with E-state index in [2.05, 4.69) is 91.1 Å². The third kappa shape index (κ3) is 9.46. The van der Waals surface area contributed by atoms with E-state index in [0.29, 0.717) is 18.1 Å². The Labute approximate surface area is 201 Å². The third-order valence-electron chi connectivity index (χ3n) is 5.39. The van der Waals surface area contributed by atoms with Crippen molar-refractivity contribution in [2.45, 2.75) is 38.1 Å². The topological polar surface area (TPSA) is 95.9 Å². The number of carboxylic acid groups (broad SMARTS) is 2. The minimum absolute atomic E-state index is 0.00146. The summed E-state index contributed by atoms with van der Waals surface area (Å²) in [6, 6.07) is 21.6. The summed E-state index contributed by atoms with van der Waals surface area (Å²) in [7, 11) is 0. The number of carboxylic acids is 2. The van der Waals surface area contributed by atoms with E-state index in [1.807, 2.05) is 6.92 Å². The third-order valence-corrected chi connectivity index (χ3v) is 5.39. The Morgan fingerprint density at radius 1 is 1.00 bits per heavy atom. The number of benzene rings is 2. The lowest BCUT2D eigenvalue weighted by atomic mass is 9.87. The average molecular weight is 464 g/mol. The van der Waals surface area contributed by atoms with Crippen LogP contribution in [0.2, 0.25) is 0 Å². The first-order valence-corrected chi connectivity index (χ1v) is 11.3. The van der Waals surface area contributed by atoms with Gasteiger partial charge in [0, 0.05) is 23.6 Å². The fourth-order valence-electron chi connectivity index (χ4n) is 3.66. The first kappa shape index (κ1) is 26.6. The molecule has 0 saturated heterocycles. The first-order valence-electron chi connectivity index (χ1n) is 11.3. The van der Waals surface area contributed by atoms with E-state index >= 15 is 0 Å². The molecule has 0 heterocycles. The van der Waals surface area contributed by atoms with Crippen LogP contribution in [0.15, 0.2) is 96.8 Å². The van der Waals surface area contributed by atoms with Gasteiger partial charge in [-0.2, -0.15) is 0 Å². The average Bonchev–Trinajstić information content (AvgIpc) is 2.84. The summed E-state index contributed by atoms with van der Waals surface area (Å²) in [5.74, 6) is -1.12.